The maximum Gasteiger partial charge on any atom is 0.257 e. The summed E-state index contributed by atoms with van der Waals surface area (Å²) >= 11 is 0. The van der Waals surface area contributed by atoms with Crippen LogP contribution in [0.4, 0.5) is 5.69 Å². The third-order valence-electron chi connectivity index (χ3n) is 4.06. The number of anilines is 1. The van der Waals surface area contributed by atoms with Crippen LogP contribution in [-0.4, -0.2) is 34.2 Å². The van der Waals surface area contributed by atoms with Gasteiger partial charge in [-0.25, -0.2) is 0 Å². The molecule has 1 atom stereocenters. The summed E-state index contributed by atoms with van der Waals surface area (Å²) in [5.74, 6) is -0.805. The van der Waals surface area contributed by atoms with Crippen LogP contribution in [0.3, 0.4) is 0 Å². The molecule has 2 N–H and O–H groups in total. The lowest BCUT2D eigenvalue weighted by Crippen LogP contribution is -2.52. The zero-order valence-electron chi connectivity index (χ0n) is 13.6. The van der Waals surface area contributed by atoms with Crippen LogP contribution in [0, 0.1) is 0 Å². The van der Waals surface area contributed by atoms with Crippen molar-refractivity contribution in [3.63, 3.8) is 0 Å². The number of hydrogen-bond donors (Lipinski definition) is 2. The maximum absolute atomic E-state index is 12.9. The summed E-state index contributed by atoms with van der Waals surface area (Å²) in [5, 5.41) is 5.67. The van der Waals surface area contributed by atoms with Gasteiger partial charge in [0.05, 0.1) is 5.56 Å². The summed E-state index contributed by atoms with van der Waals surface area (Å²) in [4.78, 5) is 37.8. The second-order valence-electron chi connectivity index (χ2n) is 7.11. The Balaban J connectivity index is 1.89. The molecule has 6 nitrogen and oxygen atoms in total. The molecule has 0 spiro atoms. The third kappa shape index (κ3) is 2.93. The van der Waals surface area contributed by atoms with Crippen molar-refractivity contribution in [2.75, 3.05) is 5.32 Å². The fourth-order valence-corrected chi connectivity index (χ4v) is 3.12. The van der Waals surface area contributed by atoms with E-state index in [-0.39, 0.29) is 29.7 Å². The number of amides is 3. The van der Waals surface area contributed by atoms with Crippen molar-refractivity contribution >= 4 is 23.4 Å². The fraction of sp³-hybridized carbons (Fsp3) is 0.471. The van der Waals surface area contributed by atoms with E-state index in [1.165, 1.54) is 0 Å². The Bertz CT molecular complexity index is 691. The molecule has 0 aromatic heterocycles. The normalized spacial score (nSPS) is 21.3. The monoisotopic (exact) mass is 315 g/mol. The summed E-state index contributed by atoms with van der Waals surface area (Å²) in [6.45, 7) is 6.50. The van der Waals surface area contributed by atoms with Gasteiger partial charge in [-0.1, -0.05) is 12.1 Å². The van der Waals surface area contributed by atoms with Crippen molar-refractivity contribution in [2.24, 2.45) is 0 Å². The molecule has 3 amide bonds. The van der Waals surface area contributed by atoms with Crippen molar-refractivity contribution in [1.29, 1.82) is 0 Å². The number of carbonyl (C=O) groups excluding carboxylic acids is 3. The van der Waals surface area contributed by atoms with Gasteiger partial charge in [0.2, 0.25) is 11.8 Å². The van der Waals surface area contributed by atoms with Gasteiger partial charge in [-0.05, 0) is 38.8 Å². The number of rotatable bonds is 2. The molecule has 3 rings (SSSR count). The highest BCUT2D eigenvalue weighted by Crippen LogP contribution is 2.33. The molecule has 2 aliphatic heterocycles. The molecule has 122 valence electrons. The van der Waals surface area contributed by atoms with Crippen LogP contribution in [0.25, 0.3) is 0 Å². The summed E-state index contributed by atoms with van der Waals surface area (Å²) < 4.78 is 0. The Labute approximate surface area is 135 Å². The van der Waals surface area contributed by atoms with Gasteiger partial charge in [0.15, 0.2) is 0 Å². The molecular weight excluding hydrogens is 294 g/mol. The maximum atomic E-state index is 12.9. The highest BCUT2D eigenvalue weighted by Gasteiger charge is 2.40. The van der Waals surface area contributed by atoms with Gasteiger partial charge in [-0.15, -0.1) is 0 Å². The molecule has 0 aliphatic carbocycles. The smallest absolute Gasteiger partial charge is 0.257 e. The molecule has 23 heavy (non-hydrogen) atoms. The Morgan fingerprint density at radius 3 is 2.61 bits per heavy atom. The highest BCUT2D eigenvalue weighted by molar-refractivity contribution is 6.07. The number of imide groups is 1. The first-order chi connectivity index (χ1) is 10.8. The zero-order chi connectivity index (χ0) is 16.8. The average Bonchev–Trinajstić information content (AvgIpc) is 2.75. The summed E-state index contributed by atoms with van der Waals surface area (Å²) in [6, 6.07) is 5.13. The van der Waals surface area contributed by atoms with Crippen LogP contribution >= 0.6 is 0 Å². The van der Waals surface area contributed by atoms with Gasteiger partial charge in [0, 0.05) is 24.2 Å². The number of hydrogen-bond acceptors (Lipinski definition) is 4. The van der Waals surface area contributed by atoms with Gasteiger partial charge >= 0.3 is 0 Å². The number of carbonyl (C=O) groups is 3. The number of piperidine rings is 1. The summed E-state index contributed by atoms with van der Waals surface area (Å²) in [6.07, 6.45) is 0.649. The largest absolute Gasteiger partial charge is 0.380 e. The van der Waals surface area contributed by atoms with E-state index in [4.69, 9.17) is 0 Å². The van der Waals surface area contributed by atoms with E-state index in [0.717, 1.165) is 11.3 Å². The van der Waals surface area contributed by atoms with Crippen LogP contribution in [0.2, 0.25) is 0 Å². The van der Waals surface area contributed by atoms with E-state index in [0.29, 0.717) is 18.5 Å². The Morgan fingerprint density at radius 2 is 1.96 bits per heavy atom. The van der Waals surface area contributed by atoms with Gasteiger partial charge in [0.25, 0.3) is 5.91 Å². The first-order valence-electron chi connectivity index (χ1n) is 7.81. The molecule has 1 aromatic carbocycles. The molecule has 1 fully saturated rings. The van der Waals surface area contributed by atoms with Gasteiger partial charge in [0.1, 0.15) is 6.04 Å². The lowest BCUT2D eigenvalue weighted by molar-refractivity contribution is -0.136. The van der Waals surface area contributed by atoms with Crippen molar-refractivity contribution in [2.45, 2.75) is 51.7 Å². The van der Waals surface area contributed by atoms with E-state index in [9.17, 15) is 14.4 Å². The molecule has 1 aromatic rings. The Kier molecular flexibility index (Phi) is 3.62. The number of benzene rings is 1. The predicted octanol–water partition coefficient (Wildman–Crippen LogP) is 1.66. The van der Waals surface area contributed by atoms with E-state index in [2.05, 4.69) is 10.6 Å². The van der Waals surface area contributed by atoms with E-state index >= 15 is 0 Å². The van der Waals surface area contributed by atoms with Gasteiger partial charge in [-0.3, -0.25) is 19.7 Å². The van der Waals surface area contributed by atoms with Gasteiger partial charge < -0.3 is 10.2 Å². The molecule has 2 heterocycles. The van der Waals surface area contributed by atoms with Crippen LogP contribution in [0.15, 0.2) is 18.2 Å². The molecule has 0 radical (unpaired) electrons. The highest BCUT2D eigenvalue weighted by atomic mass is 16.2. The van der Waals surface area contributed by atoms with Crippen LogP contribution in [0.5, 0.6) is 0 Å². The van der Waals surface area contributed by atoms with Crippen LogP contribution < -0.4 is 10.6 Å². The first-order valence-corrected chi connectivity index (χ1v) is 7.81. The quantitative estimate of drug-likeness (QED) is 0.814. The minimum absolute atomic E-state index is 0.151. The third-order valence-corrected chi connectivity index (χ3v) is 4.06. The lowest BCUT2D eigenvalue weighted by Gasteiger charge is -2.29. The van der Waals surface area contributed by atoms with Crippen molar-refractivity contribution in [3.05, 3.63) is 29.3 Å². The average molecular weight is 315 g/mol. The molecule has 0 bridgehead atoms. The molecule has 2 aliphatic rings. The Morgan fingerprint density at radius 1 is 1.22 bits per heavy atom. The van der Waals surface area contributed by atoms with E-state index in [1.807, 2.05) is 39.0 Å². The van der Waals surface area contributed by atoms with Gasteiger partial charge in [-0.2, -0.15) is 0 Å². The number of nitrogens with one attached hydrogen (secondary N) is 2. The molecular formula is C17H21N3O3. The standard InChI is InChI=1S/C17H21N3O3/c1-17(2,3)19-11-6-4-5-10-9-20(16(23)14(10)11)12-7-8-13(21)18-15(12)22/h4-6,12,19H,7-9H2,1-3H3,(H,18,21,22). The van der Waals surface area contributed by atoms with E-state index in [1.54, 1.807) is 4.90 Å². The summed E-state index contributed by atoms with van der Waals surface area (Å²) in [7, 11) is 0. The lowest BCUT2D eigenvalue weighted by atomic mass is 10.0. The number of nitrogens with zero attached hydrogens (tertiary/aromatic N) is 1. The molecule has 0 saturated carbocycles. The van der Waals surface area contributed by atoms with Crippen molar-refractivity contribution in [1.82, 2.24) is 10.2 Å². The van der Waals surface area contributed by atoms with E-state index < -0.39 is 6.04 Å². The second kappa shape index (κ2) is 5.37. The fourth-order valence-electron chi connectivity index (χ4n) is 3.12. The minimum Gasteiger partial charge on any atom is -0.380 e. The zero-order valence-corrected chi connectivity index (χ0v) is 13.6. The van der Waals surface area contributed by atoms with Crippen molar-refractivity contribution < 1.29 is 14.4 Å². The molecule has 6 heteroatoms. The first kappa shape index (κ1) is 15.5. The molecule has 1 saturated heterocycles. The SMILES string of the molecule is CC(C)(C)Nc1cccc2c1C(=O)N(C1CCC(=O)NC1=O)C2. The Hall–Kier alpha value is -2.37. The number of fused-ring (bicyclic) bond motifs is 1. The second-order valence-corrected chi connectivity index (χ2v) is 7.11. The minimum atomic E-state index is -0.574. The van der Waals surface area contributed by atoms with Crippen LogP contribution in [-0.2, 0) is 16.1 Å². The predicted molar refractivity (Wildman–Crippen MR) is 85.9 cm³/mol. The van der Waals surface area contributed by atoms with Crippen LogP contribution in [0.1, 0.15) is 49.5 Å². The topological polar surface area (TPSA) is 78.5 Å². The summed E-state index contributed by atoms with van der Waals surface area (Å²) in [5.41, 5.74) is 2.16. The molecule has 1 unspecified atom stereocenters. The van der Waals surface area contributed by atoms with Crippen molar-refractivity contribution in [3.8, 4) is 0 Å².